The van der Waals surface area contributed by atoms with Gasteiger partial charge < -0.3 is 25.7 Å². The predicted octanol–water partition coefficient (Wildman–Crippen LogP) is 2.93. The number of nitrogen functional groups attached to an aromatic ring is 1. The van der Waals surface area contributed by atoms with E-state index in [1.165, 1.54) is 18.2 Å². The topological polar surface area (TPSA) is 151 Å². The molecule has 3 aromatic heterocycles. The number of benzene rings is 1. The number of fused-ring (bicyclic) bond motifs is 2. The van der Waals surface area contributed by atoms with Crippen LogP contribution in [0.1, 0.15) is 64.6 Å². The molecule has 2 aliphatic rings. The minimum Gasteiger partial charge on any atom is -0.387 e. The number of aromatic amines is 1. The molecule has 11 nitrogen and oxygen atoms in total. The lowest BCUT2D eigenvalue weighted by molar-refractivity contribution is -0.0550. The van der Waals surface area contributed by atoms with Crippen molar-refractivity contribution in [1.29, 1.82) is 0 Å². The number of anilines is 1. The smallest absolute Gasteiger partial charge is 0.167 e. The number of aliphatic hydroxyl groups excluding tert-OH is 2. The van der Waals surface area contributed by atoms with Crippen LogP contribution < -0.4 is 5.73 Å². The standard InChI is InChI=1S/C29H40N8O3/c1-5-36(13-21-24(38)25(39)28(40-21)37-15-33-23-26(30)31-14-32-27(23)37)18-10-16(11-18)6-9-22-34-19-8-7-17(29(2,3)4)12-20(19)35-22/h7-8,12,14-16,18,21,24-25,28,38-39H,5-6,9-11,13H2,1-4H3,(H,34,35)(H2,30,31,32)/t16?,18?,21?,24-,25-,28-/m1/s1. The third-order valence-corrected chi connectivity index (χ3v) is 8.73. The molecule has 6 rings (SSSR count). The molecule has 5 N–H and O–H groups in total. The van der Waals surface area contributed by atoms with Crippen molar-refractivity contribution < 1.29 is 14.9 Å². The average Bonchev–Trinajstić information content (AvgIpc) is 3.58. The lowest BCUT2D eigenvalue weighted by Gasteiger charge is -2.43. The molecule has 4 heterocycles. The summed E-state index contributed by atoms with van der Waals surface area (Å²) in [5.41, 5.74) is 10.4. The van der Waals surface area contributed by atoms with Gasteiger partial charge >= 0.3 is 0 Å². The van der Waals surface area contributed by atoms with Gasteiger partial charge in [0.1, 0.15) is 36.0 Å². The Morgan fingerprint density at radius 3 is 2.70 bits per heavy atom. The van der Waals surface area contributed by atoms with Crippen molar-refractivity contribution in [2.24, 2.45) is 5.92 Å². The number of nitrogens with zero attached hydrogens (tertiary/aromatic N) is 6. The maximum absolute atomic E-state index is 10.9. The van der Waals surface area contributed by atoms with Gasteiger partial charge in [-0.3, -0.25) is 9.47 Å². The Labute approximate surface area is 233 Å². The van der Waals surface area contributed by atoms with Crippen LogP contribution in [0, 0.1) is 5.92 Å². The fraction of sp³-hybridized carbons (Fsp3) is 0.586. The van der Waals surface area contributed by atoms with Gasteiger partial charge in [0.05, 0.1) is 17.4 Å². The first-order chi connectivity index (χ1) is 19.1. The van der Waals surface area contributed by atoms with Gasteiger partial charge in [0.2, 0.25) is 0 Å². The van der Waals surface area contributed by atoms with Crippen LogP contribution in [0.4, 0.5) is 5.82 Å². The molecule has 1 saturated carbocycles. The Kier molecular flexibility index (Phi) is 7.02. The van der Waals surface area contributed by atoms with Gasteiger partial charge in [0.15, 0.2) is 17.7 Å². The van der Waals surface area contributed by atoms with Crippen molar-refractivity contribution >= 4 is 28.0 Å². The van der Waals surface area contributed by atoms with Crippen LogP contribution in [0.15, 0.2) is 30.9 Å². The van der Waals surface area contributed by atoms with Crippen molar-refractivity contribution in [3.8, 4) is 0 Å². The molecule has 4 aromatic rings. The van der Waals surface area contributed by atoms with Crippen LogP contribution in [0.3, 0.4) is 0 Å². The largest absolute Gasteiger partial charge is 0.387 e. The van der Waals surface area contributed by atoms with E-state index in [-0.39, 0.29) is 11.2 Å². The Bertz CT molecular complexity index is 1490. The zero-order valence-electron chi connectivity index (χ0n) is 23.7. The molecule has 1 aliphatic heterocycles. The molecule has 2 fully saturated rings. The highest BCUT2D eigenvalue weighted by Crippen LogP contribution is 2.37. The maximum atomic E-state index is 10.9. The lowest BCUT2D eigenvalue weighted by atomic mass is 9.76. The predicted molar refractivity (Wildman–Crippen MR) is 153 cm³/mol. The van der Waals surface area contributed by atoms with Crippen LogP contribution in [0.25, 0.3) is 22.2 Å². The molecular weight excluding hydrogens is 508 g/mol. The first-order valence-electron chi connectivity index (χ1n) is 14.3. The van der Waals surface area contributed by atoms with Gasteiger partial charge in [-0.25, -0.2) is 19.9 Å². The summed E-state index contributed by atoms with van der Waals surface area (Å²) in [7, 11) is 0. The van der Waals surface area contributed by atoms with Crippen LogP contribution in [-0.2, 0) is 16.6 Å². The normalized spacial score (nSPS) is 27.2. The van der Waals surface area contributed by atoms with Gasteiger partial charge in [-0.1, -0.05) is 33.8 Å². The molecule has 214 valence electrons. The molecule has 0 spiro atoms. The molecule has 1 aromatic carbocycles. The first-order valence-corrected chi connectivity index (χ1v) is 14.3. The zero-order valence-corrected chi connectivity index (χ0v) is 23.7. The number of hydrogen-bond acceptors (Lipinski definition) is 9. The van der Waals surface area contributed by atoms with E-state index in [2.05, 4.69) is 70.7 Å². The summed E-state index contributed by atoms with van der Waals surface area (Å²) in [6, 6.07) is 6.96. The number of H-pyrrole nitrogens is 1. The second-order valence-electron chi connectivity index (χ2n) is 12.4. The number of rotatable bonds is 8. The van der Waals surface area contributed by atoms with Gasteiger partial charge in [-0.2, -0.15) is 0 Å². The fourth-order valence-electron chi connectivity index (χ4n) is 6.16. The van der Waals surface area contributed by atoms with Crippen LogP contribution in [0.5, 0.6) is 0 Å². The van der Waals surface area contributed by atoms with E-state index in [4.69, 9.17) is 15.5 Å². The minimum absolute atomic E-state index is 0.113. The number of aliphatic hydroxyl groups is 2. The number of aryl methyl sites for hydroxylation is 1. The number of nitrogens with one attached hydrogen (secondary N) is 1. The Morgan fingerprint density at radius 1 is 1.15 bits per heavy atom. The molecule has 1 unspecified atom stereocenters. The fourth-order valence-corrected chi connectivity index (χ4v) is 6.16. The Balaban J connectivity index is 1.03. The van der Waals surface area contributed by atoms with E-state index in [9.17, 15) is 10.2 Å². The van der Waals surface area contributed by atoms with Gasteiger partial charge in [-0.05, 0) is 54.8 Å². The van der Waals surface area contributed by atoms with E-state index in [1.54, 1.807) is 4.57 Å². The zero-order chi connectivity index (χ0) is 28.2. The van der Waals surface area contributed by atoms with E-state index in [0.717, 1.165) is 49.1 Å². The van der Waals surface area contributed by atoms with E-state index < -0.39 is 24.5 Å². The molecule has 1 saturated heterocycles. The summed E-state index contributed by atoms with van der Waals surface area (Å²) >= 11 is 0. The van der Waals surface area contributed by atoms with Crippen molar-refractivity contribution in [1.82, 2.24) is 34.4 Å². The molecule has 1 aliphatic carbocycles. The highest BCUT2D eigenvalue weighted by Gasteiger charge is 2.46. The van der Waals surface area contributed by atoms with E-state index in [0.29, 0.717) is 29.7 Å². The van der Waals surface area contributed by atoms with Crippen LogP contribution in [0.2, 0.25) is 0 Å². The molecule has 0 radical (unpaired) electrons. The summed E-state index contributed by atoms with van der Waals surface area (Å²) in [6.45, 7) is 10.2. The SMILES string of the molecule is CCN(CC1O[C@@H](n2cnc3c(N)ncnc32)[C@H](O)[C@@H]1O)C1CC(CCc2nc3ccc(C(C)(C)C)cc3[nH]2)C1. The molecular formula is C29H40N8O3. The third kappa shape index (κ3) is 4.96. The van der Waals surface area contributed by atoms with Crippen molar-refractivity contribution in [3.63, 3.8) is 0 Å². The lowest BCUT2D eigenvalue weighted by Crippen LogP contribution is -2.49. The number of imidazole rings is 2. The second kappa shape index (κ2) is 10.4. The number of nitrogens with two attached hydrogens (primary N) is 1. The molecule has 0 bridgehead atoms. The summed E-state index contributed by atoms with van der Waals surface area (Å²) in [5.74, 6) is 1.96. The number of hydrogen-bond donors (Lipinski definition) is 4. The summed E-state index contributed by atoms with van der Waals surface area (Å²) in [6.07, 6.45) is 3.70. The number of aromatic nitrogens is 6. The van der Waals surface area contributed by atoms with E-state index >= 15 is 0 Å². The molecule has 40 heavy (non-hydrogen) atoms. The second-order valence-corrected chi connectivity index (χ2v) is 12.4. The number of ether oxygens (including phenoxy) is 1. The van der Waals surface area contributed by atoms with Gasteiger partial charge in [0.25, 0.3) is 0 Å². The Morgan fingerprint density at radius 2 is 1.95 bits per heavy atom. The Hall–Kier alpha value is -3.12. The van der Waals surface area contributed by atoms with Crippen molar-refractivity contribution in [2.75, 3.05) is 18.8 Å². The first kappa shape index (κ1) is 27.1. The average molecular weight is 549 g/mol. The molecule has 0 amide bonds. The van der Waals surface area contributed by atoms with E-state index in [1.807, 2.05) is 0 Å². The molecule has 11 heteroatoms. The molecule has 4 atom stereocenters. The van der Waals surface area contributed by atoms with Crippen LogP contribution >= 0.6 is 0 Å². The monoisotopic (exact) mass is 548 g/mol. The highest BCUT2D eigenvalue weighted by atomic mass is 16.6. The summed E-state index contributed by atoms with van der Waals surface area (Å²) in [5, 5.41) is 21.7. The quantitative estimate of drug-likeness (QED) is 0.260. The number of likely N-dealkylation sites (N-methyl/N-ethyl adjacent to an activating group) is 1. The van der Waals surface area contributed by atoms with Crippen molar-refractivity contribution in [2.45, 2.75) is 89.4 Å². The minimum atomic E-state index is -1.10. The van der Waals surface area contributed by atoms with Gasteiger partial charge in [-0.15, -0.1) is 0 Å². The summed E-state index contributed by atoms with van der Waals surface area (Å²) < 4.78 is 7.81. The summed E-state index contributed by atoms with van der Waals surface area (Å²) in [4.78, 5) is 23.2. The van der Waals surface area contributed by atoms with Crippen LogP contribution in [-0.4, -0.2) is 82.0 Å². The maximum Gasteiger partial charge on any atom is 0.167 e. The third-order valence-electron chi connectivity index (χ3n) is 8.73. The van der Waals surface area contributed by atoms with Crippen molar-refractivity contribution in [3.05, 3.63) is 42.2 Å². The van der Waals surface area contributed by atoms with Gasteiger partial charge in [0, 0.05) is 19.0 Å². The highest BCUT2D eigenvalue weighted by molar-refractivity contribution is 5.81.